The molecule has 0 saturated carbocycles. The van der Waals surface area contributed by atoms with E-state index >= 15 is 0 Å². The summed E-state index contributed by atoms with van der Waals surface area (Å²) < 4.78 is 30.7. The Kier molecular flexibility index (Phi) is 8.72. The van der Waals surface area contributed by atoms with Crippen LogP contribution >= 0.6 is 0 Å². The number of terminal acetylenes is 1. The monoisotopic (exact) mass is 525 g/mol. The maximum atomic E-state index is 12.7. The zero-order valence-corrected chi connectivity index (χ0v) is 21.5. The molecule has 37 heavy (non-hydrogen) atoms. The molecule has 0 saturated heterocycles. The van der Waals surface area contributed by atoms with Gasteiger partial charge in [0.25, 0.3) is 5.91 Å². The molecule has 0 spiro atoms. The predicted molar refractivity (Wildman–Crippen MR) is 142 cm³/mol. The molecule has 2 aromatic heterocycles. The maximum absolute atomic E-state index is 12.7. The first-order valence-corrected chi connectivity index (χ1v) is 12.8. The van der Waals surface area contributed by atoms with Crippen molar-refractivity contribution in [2.45, 2.75) is 6.92 Å². The third-order valence-electron chi connectivity index (χ3n) is 5.02. The van der Waals surface area contributed by atoms with Gasteiger partial charge in [-0.2, -0.15) is 0 Å². The van der Waals surface area contributed by atoms with E-state index in [-0.39, 0.29) is 12.2 Å². The Balaban J connectivity index is 1.98. The van der Waals surface area contributed by atoms with Gasteiger partial charge in [-0.3, -0.25) is 24.8 Å². The van der Waals surface area contributed by atoms with Crippen molar-refractivity contribution in [2.75, 3.05) is 47.5 Å². The highest BCUT2D eigenvalue weighted by atomic mass is 32.2. The zero-order chi connectivity index (χ0) is 27.0. The summed E-state index contributed by atoms with van der Waals surface area (Å²) in [6.45, 7) is 1.99. The minimum atomic E-state index is -3.61. The molecule has 0 aliphatic carbocycles. The van der Waals surface area contributed by atoms with E-state index in [0.717, 1.165) is 10.6 Å². The van der Waals surface area contributed by atoms with Gasteiger partial charge in [-0.1, -0.05) is 5.92 Å². The number of rotatable bonds is 11. The van der Waals surface area contributed by atoms with Crippen molar-refractivity contribution < 1.29 is 22.8 Å². The average molecular weight is 526 g/mol. The van der Waals surface area contributed by atoms with Crippen LogP contribution in [0.15, 0.2) is 48.8 Å². The highest BCUT2D eigenvalue weighted by Gasteiger charge is 2.19. The first kappa shape index (κ1) is 27.1. The van der Waals surface area contributed by atoms with E-state index in [2.05, 4.69) is 37.5 Å². The lowest BCUT2D eigenvalue weighted by atomic mass is 10.1. The number of pyridine rings is 2. The molecule has 1 aromatic carbocycles. The quantitative estimate of drug-likeness (QED) is 0.218. The number of amides is 1. The number of sulfonamides is 1. The van der Waals surface area contributed by atoms with Crippen LogP contribution in [0.25, 0.3) is 0 Å². The largest absolute Gasteiger partial charge is 0.495 e. The lowest BCUT2D eigenvalue weighted by Gasteiger charge is -2.22. The number of aromatic nitrogens is 2. The van der Waals surface area contributed by atoms with Gasteiger partial charge in [-0.15, -0.1) is 6.42 Å². The highest BCUT2D eigenvalue weighted by molar-refractivity contribution is 7.92. The summed E-state index contributed by atoms with van der Waals surface area (Å²) in [6.07, 6.45) is 9.49. The summed E-state index contributed by atoms with van der Waals surface area (Å²) >= 11 is 0. The Morgan fingerprint density at radius 1 is 1.08 bits per heavy atom. The summed E-state index contributed by atoms with van der Waals surface area (Å²) in [5, 5.41) is 3.13. The number of ether oxygens (including phenoxy) is 1. The first-order valence-electron chi connectivity index (χ1n) is 10.9. The summed E-state index contributed by atoms with van der Waals surface area (Å²) in [6, 6.07) is 9.84. The smallest absolute Gasteiger partial charge is 0.278 e. The average Bonchev–Trinajstić information content (AvgIpc) is 2.90. The van der Waals surface area contributed by atoms with Crippen LogP contribution < -0.4 is 30.7 Å². The van der Waals surface area contributed by atoms with Crippen LogP contribution in [0.4, 0.5) is 28.7 Å². The van der Waals surface area contributed by atoms with Crippen LogP contribution in [0.1, 0.15) is 22.8 Å². The van der Waals surface area contributed by atoms with Crippen LogP contribution in [-0.4, -0.2) is 51.3 Å². The number of nitrogens with zero attached hydrogens (tertiary/aromatic N) is 3. The molecule has 0 unspecified atom stereocenters. The number of carbonyl (C=O) groups is 1. The zero-order valence-electron chi connectivity index (χ0n) is 20.7. The number of hydrogen-bond acceptors (Lipinski definition) is 10. The van der Waals surface area contributed by atoms with E-state index in [1.54, 1.807) is 56.6 Å². The normalized spacial score (nSPS) is 10.7. The standard InChI is InChI=1S/C24H27N7O5S/c1-6-16-8-10-19(21(12-16)31(3)37(5,33)34)27-20-13-23(26-15-18(20)24(32)30-36-7-2)29-28-22-11-9-17(35-4)14-25-22/h1,8-15H,7H2,2-5H3,(H,25,28)(H,30,32)(H2,26,27,29). The van der Waals surface area contributed by atoms with Crippen molar-refractivity contribution in [2.24, 2.45) is 0 Å². The summed E-state index contributed by atoms with van der Waals surface area (Å²) in [5.41, 5.74) is 9.79. The van der Waals surface area contributed by atoms with Crippen molar-refractivity contribution in [3.63, 3.8) is 0 Å². The number of benzene rings is 1. The molecule has 0 radical (unpaired) electrons. The Morgan fingerprint density at radius 3 is 2.43 bits per heavy atom. The fourth-order valence-electron chi connectivity index (χ4n) is 3.02. The second-order valence-electron chi connectivity index (χ2n) is 7.54. The third kappa shape index (κ3) is 7.00. The lowest BCUT2D eigenvalue weighted by Crippen LogP contribution is -2.26. The molecule has 0 aliphatic rings. The summed E-state index contributed by atoms with van der Waals surface area (Å²) in [4.78, 5) is 26.2. The number of hydroxylamine groups is 1. The molecule has 3 rings (SSSR count). The molecular formula is C24H27N7O5S. The minimum Gasteiger partial charge on any atom is -0.495 e. The van der Waals surface area contributed by atoms with Gasteiger partial charge in [0.05, 0.1) is 48.8 Å². The van der Waals surface area contributed by atoms with E-state index < -0.39 is 15.9 Å². The Bertz CT molecular complexity index is 1410. The molecule has 0 atom stereocenters. The first-order chi connectivity index (χ1) is 17.7. The van der Waals surface area contributed by atoms with Gasteiger partial charge in [0.1, 0.15) is 17.4 Å². The maximum Gasteiger partial charge on any atom is 0.278 e. The van der Waals surface area contributed by atoms with Gasteiger partial charge in [0.2, 0.25) is 10.0 Å². The summed E-state index contributed by atoms with van der Waals surface area (Å²) in [7, 11) is -0.660. The van der Waals surface area contributed by atoms with Crippen LogP contribution in [0.5, 0.6) is 5.75 Å². The third-order valence-corrected chi connectivity index (χ3v) is 6.21. The minimum absolute atomic E-state index is 0.149. The number of nitrogens with one attached hydrogen (secondary N) is 4. The van der Waals surface area contributed by atoms with Gasteiger partial charge >= 0.3 is 0 Å². The topological polar surface area (TPSA) is 147 Å². The molecule has 1 amide bonds. The number of methoxy groups -OCH3 is 1. The number of anilines is 5. The molecule has 4 N–H and O–H groups in total. The lowest BCUT2D eigenvalue weighted by molar-refractivity contribution is 0.0365. The molecular weight excluding hydrogens is 498 g/mol. The molecule has 12 nitrogen and oxygen atoms in total. The van der Waals surface area contributed by atoms with Gasteiger partial charge in [-0.05, 0) is 37.3 Å². The fraction of sp³-hybridized carbons (Fsp3) is 0.208. The van der Waals surface area contributed by atoms with E-state index in [9.17, 15) is 13.2 Å². The number of hydrogen-bond donors (Lipinski definition) is 4. The van der Waals surface area contributed by atoms with E-state index in [1.807, 2.05) is 0 Å². The number of hydrazine groups is 1. The SMILES string of the molecule is C#Cc1ccc(Nc2cc(NNc3ccc(OC)cn3)ncc2C(=O)NOCC)c(N(C)S(C)(=O)=O)c1. The molecule has 2 heterocycles. The number of carbonyl (C=O) groups excluding carboxylic acids is 1. The molecule has 194 valence electrons. The van der Waals surface area contributed by atoms with Gasteiger partial charge in [0.15, 0.2) is 0 Å². The fourth-order valence-corrected chi connectivity index (χ4v) is 3.52. The van der Waals surface area contributed by atoms with E-state index in [0.29, 0.717) is 40.0 Å². The van der Waals surface area contributed by atoms with Gasteiger partial charge < -0.3 is 10.1 Å². The van der Waals surface area contributed by atoms with Crippen molar-refractivity contribution in [1.29, 1.82) is 0 Å². The van der Waals surface area contributed by atoms with Crippen molar-refractivity contribution >= 4 is 44.6 Å². The Morgan fingerprint density at radius 2 is 1.81 bits per heavy atom. The Hall–Kier alpha value is -4.54. The second-order valence-corrected chi connectivity index (χ2v) is 9.56. The van der Waals surface area contributed by atoms with Gasteiger partial charge in [0, 0.05) is 24.9 Å². The van der Waals surface area contributed by atoms with Crippen LogP contribution in [0.2, 0.25) is 0 Å². The molecule has 0 aliphatic heterocycles. The van der Waals surface area contributed by atoms with Crippen molar-refractivity contribution in [1.82, 2.24) is 15.4 Å². The molecule has 0 bridgehead atoms. The van der Waals surface area contributed by atoms with Crippen LogP contribution in [0, 0.1) is 12.3 Å². The molecule has 0 fully saturated rings. The van der Waals surface area contributed by atoms with Crippen molar-refractivity contribution in [3.05, 3.63) is 59.9 Å². The summed E-state index contributed by atoms with van der Waals surface area (Å²) in [5.74, 6) is 3.38. The second kappa shape index (κ2) is 11.9. The molecule has 3 aromatic rings. The van der Waals surface area contributed by atoms with Gasteiger partial charge in [-0.25, -0.2) is 23.9 Å². The van der Waals surface area contributed by atoms with Crippen LogP contribution in [-0.2, 0) is 14.9 Å². The van der Waals surface area contributed by atoms with E-state index in [1.165, 1.54) is 13.2 Å². The highest BCUT2D eigenvalue weighted by Crippen LogP contribution is 2.32. The Labute approximate surface area is 215 Å². The molecule has 13 heteroatoms. The predicted octanol–water partition coefficient (Wildman–Crippen LogP) is 2.73. The van der Waals surface area contributed by atoms with Crippen LogP contribution in [0.3, 0.4) is 0 Å². The van der Waals surface area contributed by atoms with Crippen molar-refractivity contribution in [3.8, 4) is 18.1 Å². The van der Waals surface area contributed by atoms with E-state index in [4.69, 9.17) is 16.0 Å².